The van der Waals surface area contributed by atoms with Crippen molar-refractivity contribution in [3.05, 3.63) is 81.0 Å². The number of nitro benzene ring substituents is 1. The number of esters is 1. The van der Waals surface area contributed by atoms with Crippen LogP contribution in [0.5, 0.6) is 0 Å². The number of amides is 1. The number of carbonyl (C=O) groups excluding carboxylic acids is 2. The molecule has 2 aromatic rings. The van der Waals surface area contributed by atoms with E-state index in [1.54, 1.807) is 18.2 Å². The van der Waals surface area contributed by atoms with E-state index in [1.807, 2.05) is 26.0 Å². The molecule has 0 spiro atoms. The molecule has 2 aromatic carbocycles. The molecular formula is C24H28N2O5. The zero-order valence-corrected chi connectivity index (χ0v) is 18.5. The van der Waals surface area contributed by atoms with E-state index in [-0.39, 0.29) is 29.3 Å². The summed E-state index contributed by atoms with van der Waals surface area (Å²) in [5.74, 6) is -1.07. The van der Waals surface area contributed by atoms with Crippen molar-refractivity contribution >= 4 is 23.6 Å². The van der Waals surface area contributed by atoms with Crippen LogP contribution in [-0.2, 0) is 14.9 Å². The SMILES string of the molecule is CC(C)COC(=O)C(=Cc1cccc([N+](=O)[O-])c1)NC(=O)c1ccc(C(C)(C)C)cc1. The Morgan fingerprint density at radius 3 is 2.32 bits per heavy atom. The average Bonchev–Trinajstić information content (AvgIpc) is 2.71. The predicted molar refractivity (Wildman–Crippen MR) is 119 cm³/mol. The van der Waals surface area contributed by atoms with Gasteiger partial charge in [0, 0.05) is 17.7 Å². The number of nitro groups is 1. The van der Waals surface area contributed by atoms with Crippen molar-refractivity contribution < 1.29 is 19.2 Å². The minimum Gasteiger partial charge on any atom is -0.461 e. The summed E-state index contributed by atoms with van der Waals surface area (Å²) in [4.78, 5) is 35.9. The Kier molecular flexibility index (Phi) is 7.69. The summed E-state index contributed by atoms with van der Waals surface area (Å²) >= 11 is 0. The Morgan fingerprint density at radius 2 is 1.77 bits per heavy atom. The summed E-state index contributed by atoms with van der Waals surface area (Å²) in [7, 11) is 0. The number of carbonyl (C=O) groups is 2. The highest BCUT2D eigenvalue weighted by atomic mass is 16.6. The van der Waals surface area contributed by atoms with Crippen molar-refractivity contribution in [3.8, 4) is 0 Å². The standard InChI is InChI=1S/C24H28N2O5/c1-16(2)15-31-23(28)21(14-17-7-6-8-20(13-17)26(29)30)25-22(27)18-9-11-19(12-10-18)24(3,4)5/h6-14,16H,15H2,1-5H3,(H,25,27). The molecule has 164 valence electrons. The summed E-state index contributed by atoms with van der Waals surface area (Å²) in [6.45, 7) is 10.2. The van der Waals surface area contributed by atoms with Gasteiger partial charge in [-0.05, 0) is 40.7 Å². The molecule has 0 saturated heterocycles. The lowest BCUT2D eigenvalue weighted by Crippen LogP contribution is -2.29. The van der Waals surface area contributed by atoms with E-state index < -0.39 is 16.8 Å². The molecule has 0 bridgehead atoms. The molecule has 0 heterocycles. The highest BCUT2D eigenvalue weighted by molar-refractivity contribution is 6.03. The van der Waals surface area contributed by atoms with Gasteiger partial charge in [-0.25, -0.2) is 4.79 Å². The maximum atomic E-state index is 12.8. The normalized spacial score (nSPS) is 11.9. The van der Waals surface area contributed by atoms with E-state index in [2.05, 4.69) is 26.1 Å². The van der Waals surface area contributed by atoms with Crippen LogP contribution in [-0.4, -0.2) is 23.4 Å². The third-order valence-corrected chi connectivity index (χ3v) is 4.42. The van der Waals surface area contributed by atoms with Crippen molar-refractivity contribution in [2.75, 3.05) is 6.61 Å². The predicted octanol–water partition coefficient (Wildman–Crippen LogP) is 4.86. The first kappa shape index (κ1) is 23.8. The van der Waals surface area contributed by atoms with Gasteiger partial charge < -0.3 is 10.1 Å². The Morgan fingerprint density at radius 1 is 1.13 bits per heavy atom. The molecule has 7 heteroatoms. The molecule has 2 rings (SSSR count). The van der Waals surface area contributed by atoms with Gasteiger partial charge in [0.05, 0.1) is 11.5 Å². The second kappa shape index (κ2) is 10.0. The molecule has 0 atom stereocenters. The molecule has 0 saturated carbocycles. The Balaban J connectivity index is 2.32. The minimum absolute atomic E-state index is 0.0528. The molecule has 0 radical (unpaired) electrons. The van der Waals surface area contributed by atoms with Crippen LogP contribution in [0.4, 0.5) is 5.69 Å². The largest absolute Gasteiger partial charge is 0.461 e. The first-order chi connectivity index (χ1) is 14.5. The van der Waals surface area contributed by atoms with E-state index in [4.69, 9.17) is 4.74 Å². The fourth-order valence-electron chi connectivity index (χ4n) is 2.68. The second-order valence-electron chi connectivity index (χ2n) is 8.68. The van der Waals surface area contributed by atoms with Crippen molar-refractivity contribution in [1.29, 1.82) is 0 Å². The molecule has 1 amide bonds. The summed E-state index contributed by atoms with van der Waals surface area (Å²) in [6, 6.07) is 12.9. The Bertz CT molecular complexity index is 986. The second-order valence-corrected chi connectivity index (χ2v) is 8.68. The lowest BCUT2D eigenvalue weighted by Gasteiger charge is -2.19. The number of hydrogen-bond acceptors (Lipinski definition) is 5. The average molecular weight is 424 g/mol. The Hall–Kier alpha value is -3.48. The Labute approximate surface area is 182 Å². The van der Waals surface area contributed by atoms with E-state index in [9.17, 15) is 19.7 Å². The third-order valence-electron chi connectivity index (χ3n) is 4.42. The number of non-ortho nitro benzene ring substituents is 1. The summed E-state index contributed by atoms with van der Waals surface area (Å²) in [5.41, 5.74) is 1.60. The van der Waals surface area contributed by atoms with Gasteiger partial charge >= 0.3 is 5.97 Å². The maximum Gasteiger partial charge on any atom is 0.354 e. The van der Waals surface area contributed by atoms with E-state index in [0.29, 0.717) is 11.1 Å². The van der Waals surface area contributed by atoms with E-state index >= 15 is 0 Å². The van der Waals surface area contributed by atoms with E-state index in [0.717, 1.165) is 5.56 Å². The molecule has 31 heavy (non-hydrogen) atoms. The van der Waals surface area contributed by atoms with Gasteiger partial charge in [0.1, 0.15) is 5.70 Å². The van der Waals surface area contributed by atoms with Crippen LogP contribution in [0.3, 0.4) is 0 Å². The maximum absolute atomic E-state index is 12.8. The fraction of sp³-hybridized carbons (Fsp3) is 0.333. The van der Waals surface area contributed by atoms with Crippen LogP contribution in [0.15, 0.2) is 54.2 Å². The van der Waals surface area contributed by atoms with Crippen LogP contribution >= 0.6 is 0 Å². The number of hydrogen-bond donors (Lipinski definition) is 1. The van der Waals surface area contributed by atoms with Gasteiger partial charge in [0.2, 0.25) is 0 Å². The molecule has 0 fully saturated rings. The smallest absolute Gasteiger partial charge is 0.354 e. The molecule has 0 aromatic heterocycles. The lowest BCUT2D eigenvalue weighted by atomic mass is 9.87. The van der Waals surface area contributed by atoms with Crippen molar-refractivity contribution in [1.82, 2.24) is 5.32 Å². The highest BCUT2D eigenvalue weighted by Crippen LogP contribution is 2.22. The first-order valence-electron chi connectivity index (χ1n) is 10.0. The number of rotatable bonds is 7. The zero-order valence-electron chi connectivity index (χ0n) is 18.5. The van der Waals surface area contributed by atoms with Gasteiger partial charge in [-0.3, -0.25) is 14.9 Å². The van der Waals surface area contributed by atoms with Crippen LogP contribution in [0.1, 0.15) is 56.1 Å². The quantitative estimate of drug-likeness (QED) is 0.296. The molecule has 0 aliphatic carbocycles. The third kappa shape index (κ3) is 7.06. The van der Waals surface area contributed by atoms with Gasteiger partial charge in [-0.15, -0.1) is 0 Å². The van der Waals surface area contributed by atoms with Crippen molar-refractivity contribution in [2.45, 2.75) is 40.0 Å². The topological polar surface area (TPSA) is 98.5 Å². The van der Waals surface area contributed by atoms with Crippen molar-refractivity contribution in [2.24, 2.45) is 5.92 Å². The number of nitrogens with one attached hydrogen (secondary N) is 1. The first-order valence-corrected chi connectivity index (χ1v) is 10.0. The van der Waals surface area contributed by atoms with Gasteiger partial charge in [-0.1, -0.05) is 58.9 Å². The van der Waals surface area contributed by atoms with Gasteiger partial charge in [-0.2, -0.15) is 0 Å². The molecule has 0 unspecified atom stereocenters. The molecular weight excluding hydrogens is 396 g/mol. The number of ether oxygens (including phenoxy) is 1. The lowest BCUT2D eigenvalue weighted by molar-refractivity contribution is -0.384. The van der Waals surface area contributed by atoms with Crippen LogP contribution in [0, 0.1) is 16.0 Å². The monoisotopic (exact) mass is 424 g/mol. The summed E-state index contributed by atoms with van der Waals surface area (Å²) < 4.78 is 5.26. The molecule has 0 aliphatic heterocycles. The van der Waals surface area contributed by atoms with Crippen LogP contribution < -0.4 is 5.32 Å². The van der Waals surface area contributed by atoms with Crippen LogP contribution in [0.25, 0.3) is 6.08 Å². The molecule has 1 N–H and O–H groups in total. The highest BCUT2D eigenvalue weighted by Gasteiger charge is 2.19. The van der Waals surface area contributed by atoms with Crippen molar-refractivity contribution in [3.63, 3.8) is 0 Å². The van der Waals surface area contributed by atoms with E-state index in [1.165, 1.54) is 24.3 Å². The minimum atomic E-state index is -0.708. The summed E-state index contributed by atoms with van der Waals surface area (Å²) in [5, 5.41) is 13.6. The number of nitrogens with zero attached hydrogens (tertiary/aromatic N) is 1. The number of benzene rings is 2. The fourth-order valence-corrected chi connectivity index (χ4v) is 2.68. The van der Waals surface area contributed by atoms with Gasteiger partial charge in [0.25, 0.3) is 11.6 Å². The molecule has 7 nitrogen and oxygen atoms in total. The van der Waals surface area contributed by atoms with Gasteiger partial charge in [0.15, 0.2) is 0 Å². The zero-order chi connectivity index (χ0) is 23.2. The molecule has 0 aliphatic rings. The summed E-state index contributed by atoms with van der Waals surface area (Å²) in [6.07, 6.45) is 1.37. The van der Waals surface area contributed by atoms with Crippen LogP contribution in [0.2, 0.25) is 0 Å².